The van der Waals surface area contributed by atoms with Crippen LogP contribution in [0.3, 0.4) is 0 Å². The standard InChI is InChI=1S/C33H35ClN6O5/c1-21-24(5-4-8-31(21)45-20-30-27(34)15-23(19-37-12-14-42)33(40-30)44-2)25-6-3-7-28(26(25)16-35)39-32(43)29-10-9-22(18-38-29)17-36-11-13-41/h3-10,15,18,36-37,41-42H,11-14,17,19-20H2,1-2H3,(H,39,43). The largest absolute Gasteiger partial charge is 0.487 e. The molecular weight excluding hydrogens is 596 g/mol. The van der Waals surface area contributed by atoms with Crippen LogP contribution in [0.25, 0.3) is 11.1 Å². The second-order valence-electron chi connectivity index (χ2n) is 9.95. The number of carbonyl (C=O) groups excluding carboxylic acids is 1. The number of aliphatic hydroxyl groups is 2. The fourth-order valence-corrected chi connectivity index (χ4v) is 4.85. The molecule has 4 aromatic rings. The summed E-state index contributed by atoms with van der Waals surface area (Å²) in [6, 6.07) is 18.2. The van der Waals surface area contributed by atoms with Gasteiger partial charge in [-0.15, -0.1) is 0 Å². The zero-order valence-electron chi connectivity index (χ0n) is 25.1. The van der Waals surface area contributed by atoms with Gasteiger partial charge in [0.05, 0.1) is 36.6 Å². The Labute approximate surface area is 266 Å². The number of nitrogens with one attached hydrogen (secondary N) is 3. The molecule has 0 saturated heterocycles. The highest BCUT2D eigenvalue weighted by atomic mass is 35.5. The molecule has 0 aliphatic heterocycles. The average molecular weight is 631 g/mol. The van der Waals surface area contributed by atoms with Gasteiger partial charge in [0.15, 0.2) is 0 Å². The molecule has 0 saturated carbocycles. The predicted octanol–water partition coefficient (Wildman–Crippen LogP) is 3.98. The maximum Gasteiger partial charge on any atom is 0.274 e. The Bertz CT molecular complexity index is 1660. The van der Waals surface area contributed by atoms with Crippen molar-refractivity contribution in [3.63, 3.8) is 0 Å². The number of ether oxygens (including phenoxy) is 2. The van der Waals surface area contributed by atoms with Crippen molar-refractivity contribution in [2.45, 2.75) is 26.6 Å². The molecule has 0 radical (unpaired) electrons. The third kappa shape index (κ3) is 8.54. The van der Waals surface area contributed by atoms with Crippen LogP contribution in [0.5, 0.6) is 11.6 Å². The summed E-state index contributed by atoms with van der Waals surface area (Å²) in [5.41, 5.74) is 5.18. The molecule has 2 heterocycles. The Morgan fingerprint density at radius 1 is 1.02 bits per heavy atom. The number of hydrogen-bond donors (Lipinski definition) is 5. The van der Waals surface area contributed by atoms with Crippen molar-refractivity contribution in [2.75, 3.05) is 38.7 Å². The number of amides is 1. The molecule has 0 aliphatic carbocycles. The van der Waals surface area contributed by atoms with E-state index in [1.165, 1.54) is 7.11 Å². The van der Waals surface area contributed by atoms with Crippen molar-refractivity contribution in [3.05, 3.63) is 99.5 Å². The fraction of sp³-hybridized carbons (Fsp3) is 0.273. The van der Waals surface area contributed by atoms with Gasteiger partial charge in [-0.2, -0.15) is 5.26 Å². The van der Waals surface area contributed by atoms with E-state index in [1.54, 1.807) is 36.5 Å². The van der Waals surface area contributed by atoms with E-state index in [-0.39, 0.29) is 25.5 Å². The number of aromatic nitrogens is 2. The minimum atomic E-state index is -0.442. The molecule has 12 heteroatoms. The van der Waals surface area contributed by atoms with Crippen LogP contribution < -0.4 is 25.4 Å². The van der Waals surface area contributed by atoms with Crippen LogP contribution in [0.15, 0.2) is 60.8 Å². The molecule has 0 spiro atoms. The third-order valence-electron chi connectivity index (χ3n) is 6.92. The zero-order chi connectivity index (χ0) is 32.2. The Morgan fingerprint density at radius 3 is 2.44 bits per heavy atom. The van der Waals surface area contributed by atoms with E-state index in [0.29, 0.717) is 65.3 Å². The summed E-state index contributed by atoms with van der Waals surface area (Å²) in [5, 5.41) is 37.5. The molecule has 2 aromatic heterocycles. The Hall–Kier alpha value is -4.57. The molecule has 1 amide bonds. The molecule has 0 fully saturated rings. The van der Waals surface area contributed by atoms with Crippen LogP contribution >= 0.6 is 11.6 Å². The summed E-state index contributed by atoms with van der Waals surface area (Å²) in [5.74, 6) is 0.545. The first-order valence-electron chi connectivity index (χ1n) is 14.3. The van der Waals surface area contributed by atoms with E-state index in [0.717, 1.165) is 22.3 Å². The molecule has 11 nitrogen and oxygen atoms in total. The fourth-order valence-electron chi connectivity index (χ4n) is 4.62. The first kappa shape index (κ1) is 33.3. The van der Waals surface area contributed by atoms with Gasteiger partial charge in [0.2, 0.25) is 5.88 Å². The second-order valence-corrected chi connectivity index (χ2v) is 10.4. The number of pyridine rings is 2. The van der Waals surface area contributed by atoms with Crippen LogP contribution in [0, 0.1) is 18.3 Å². The number of halogens is 1. The van der Waals surface area contributed by atoms with Gasteiger partial charge in [-0.05, 0) is 47.9 Å². The van der Waals surface area contributed by atoms with Crippen LogP contribution in [0.4, 0.5) is 5.69 Å². The monoisotopic (exact) mass is 630 g/mol. The maximum absolute atomic E-state index is 13.0. The topological polar surface area (TPSA) is 162 Å². The molecule has 0 aliphatic rings. The van der Waals surface area contributed by atoms with Gasteiger partial charge in [-0.3, -0.25) is 9.78 Å². The Morgan fingerprint density at radius 2 is 1.76 bits per heavy atom. The Balaban J connectivity index is 1.52. The lowest BCUT2D eigenvalue weighted by atomic mass is 9.95. The lowest BCUT2D eigenvalue weighted by Crippen LogP contribution is -2.18. The van der Waals surface area contributed by atoms with Gasteiger partial charge >= 0.3 is 0 Å². The molecule has 0 bridgehead atoms. The maximum atomic E-state index is 13.0. The highest BCUT2D eigenvalue weighted by Gasteiger charge is 2.18. The lowest BCUT2D eigenvalue weighted by molar-refractivity contribution is 0.102. The quantitative estimate of drug-likeness (QED) is 0.121. The number of nitriles is 1. The first-order valence-corrected chi connectivity index (χ1v) is 14.7. The number of rotatable bonds is 15. The van der Waals surface area contributed by atoms with E-state index in [9.17, 15) is 10.1 Å². The molecule has 234 valence electrons. The highest BCUT2D eigenvalue weighted by Crippen LogP contribution is 2.35. The van der Waals surface area contributed by atoms with Crippen molar-refractivity contribution in [1.29, 1.82) is 5.26 Å². The molecule has 0 unspecified atom stereocenters. The minimum absolute atomic E-state index is 0.0144. The first-order chi connectivity index (χ1) is 21.9. The van der Waals surface area contributed by atoms with Gasteiger partial charge < -0.3 is 35.6 Å². The van der Waals surface area contributed by atoms with Crippen LogP contribution in [0.2, 0.25) is 5.02 Å². The summed E-state index contributed by atoms with van der Waals surface area (Å²) in [7, 11) is 1.53. The van der Waals surface area contributed by atoms with E-state index in [1.807, 2.05) is 31.2 Å². The number of benzene rings is 2. The smallest absolute Gasteiger partial charge is 0.274 e. The number of nitrogens with zero attached hydrogens (tertiary/aromatic N) is 3. The number of hydrogen-bond acceptors (Lipinski definition) is 10. The molecule has 45 heavy (non-hydrogen) atoms. The zero-order valence-corrected chi connectivity index (χ0v) is 25.8. The van der Waals surface area contributed by atoms with Crippen LogP contribution in [-0.2, 0) is 19.7 Å². The van der Waals surface area contributed by atoms with Crippen molar-refractivity contribution < 1.29 is 24.5 Å². The van der Waals surface area contributed by atoms with Crippen LogP contribution in [-0.4, -0.2) is 59.5 Å². The summed E-state index contributed by atoms with van der Waals surface area (Å²) < 4.78 is 11.6. The van der Waals surface area contributed by atoms with Gasteiger partial charge in [-0.25, -0.2) is 4.98 Å². The van der Waals surface area contributed by atoms with Crippen molar-refractivity contribution >= 4 is 23.2 Å². The molecule has 4 rings (SSSR count). The summed E-state index contributed by atoms with van der Waals surface area (Å²) in [6.45, 7) is 3.87. The number of anilines is 1. The second kappa shape index (κ2) is 16.5. The third-order valence-corrected chi connectivity index (χ3v) is 7.25. The highest BCUT2D eigenvalue weighted by molar-refractivity contribution is 6.31. The SMILES string of the molecule is COc1nc(COc2cccc(-c3cccc(NC(=O)c4ccc(CNCCO)cn4)c3C#N)c2C)c(Cl)cc1CNCCO. The van der Waals surface area contributed by atoms with E-state index >= 15 is 0 Å². The van der Waals surface area contributed by atoms with Gasteiger partial charge in [-0.1, -0.05) is 41.9 Å². The van der Waals surface area contributed by atoms with Crippen molar-refractivity contribution in [1.82, 2.24) is 20.6 Å². The number of aliphatic hydroxyl groups excluding tert-OH is 2. The molecule has 2 aromatic carbocycles. The summed E-state index contributed by atoms with van der Waals surface area (Å²) in [4.78, 5) is 21.8. The van der Waals surface area contributed by atoms with Gasteiger partial charge in [0, 0.05) is 43.5 Å². The van der Waals surface area contributed by atoms with Crippen molar-refractivity contribution in [3.8, 4) is 28.8 Å². The van der Waals surface area contributed by atoms with E-state index in [4.69, 9.17) is 31.3 Å². The van der Waals surface area contributed by atoms with E-state index in [2.05, 4.69) is 32.0 Å². The number of methoxy groups -OCH3 is 1. The molecule has 5 N–H and O–H groups in total. The summed E-state index contributed by atoms with van der Waals surface area (Å²) in [6.07, 6.45) is 1.60. The lowest BCUT2D eigenvalue weighted by Gasteiger charge is -2.16. The summed E-state index contributed by atoms with van der Waals surface area (Å²) >= 11 is 6.52. The minimum Gasteiger partial charge on any atom is -0.487 e. The average Bonchev–Trinajstić information content (AvgIpc) is 3.05. The predicted molar refractivity (Wildman–Crippen MR) is 171 cm³/mol. The van der Waals surface area contributed by atoms with Gasteiger partial charge in [0.1, 0.15) is 29.8 Å². The Kier molecular flexibility index (Phi) is 12.2. The number of carbonyl (C=O) groups is 1. The normalized spacial score (nSPS) is 10.8. The van der Waals surface area contributed by atoms with Crippen LogP contribution in [0.1, 0.15) is 38.4 Å². The molecular formula is C33H35ClN6O5. The van der Waals surface area contributed by atoms with E-state index < -0.39 is 5.91 Å². The van der Waals surface area contributed by atoms with Crippen molar-refractivity contribution in [2.24, 2.45) is 0 Å². The van der Waals surface area contributed by atoms with Gasteiger partial charge in [0.25, 0.3) is 5.91 Å². The molecule has 0 atom stereocenters.